The Bertz CT molecular complexity index is 436. The van der Waals surface area contributed by atoms with Gasteiger partial charge in [0.2, 0.25) is 17.7 Å². The number of nitrogens with zero attached hydrogens (tertiary/aromatic N) is 2. The van der Waals surface area contributed by atoms with E-state index in [0.717, 1.165) is 0 Å². The number of piperazine rings is 1. The monoisotopic (exact) mass is 295 g/mol. The smallest absolute Gasteiger partial charge is 0.242 e. The second-order valence-corrected chi connectivity index (χ2v) is 6.34. The Morgan fingerprint density at radius 2 is 2.10 bits per heavy atom. The molecule has 2 aliphatic heterocycles. The van der Waals surface area contributed by atoms with Crippen LogP contribution in [0.3, 0.4) is 0 Å². The van der Waals surface area contributed by atoms with Gasteiger partial charge in [0.1, 0.15) is 6.04 Å². The summed E-state index contributed by atoms with van der Waals surface area (Å²) in [5.74, 6) is 0.0245. The van der Waals surface area contributed by atoms with E-state index < -0.39 is 0 Å². The minimum Gasteiger partial charge on any atom is -0.353 e. The number of rotatable bonds is 4. The first kappa shape index (κ1) is 15.8. The Morgan fingerprint density at radius 1 is 1.38 bits per heavy atom. The second kappa shape index (κ2) is 6.45. The normalized spacial score (nSPS) is 26.5. The molecule has 0 aliphatic carbocycles. The minimum atomic E-state index is -0.388. The van der Waals surface area contributed by atoms with Gasteiger partial charge in [0, 0.05) is 32.6 Å². The summed E-state index contributed by atoms with van der Waals surface area (Å²) in [6.45, 7) is 8.25. The average molecular weight is 295 g/mol. The molecule has 21 heavy (non-hydrogen) atoms. The quantitative estimate of drug-likeness (QED) is 0.807. The first-order chi connectivity index (χ1) is 9.93. The van der Waals surface area contributed by atoms with Crippen molar-refractivity contribution in [3.63, 3.8) is 0 Å². The summed E-state index contributed by atoms with van der Waals surface area (Å²) in [6, 6.07) is -0.388. The van der Waals surface area contributed by atoms with E-state index in [9.17, 15) is 14.4 Å². The highest BCUT2D eigenvalue weighted by molar-refractivity contribution is 5.93. The van der Waals surface area contributed by atoms with Crippen LogP contribution in [0, 0.1) is 11.8 Å². The van der Waals surface area contributed by atoms with Crippen molar-refractivity contribution in [1.29, 1.82) is 0 Å². The first-order valence-corrected chi connectivity index (χ1v) is 7.80. The molecule has 2 rings (SSSR count). The van der Waals surface area contributed by atoms with Gasteiger partial charge in [-0.25, -0.2) is 0 Å². The van der Waals surface area contributed by atoms with Crippen LogP contribution >= 0.6 is 0 Å². The van der Waals surface area contributed by atoms with E-state index in [2.05, 4.69) is 19.2 Å². The summed E-state index contributed by atoms with van der Waals surface area (Å²) >= 11 is 0. The fourth-order valence-electron chi connectivity index (χ4n) is 3.17. The Hall–Kier alpha value is -1.59. The predicted octanol–water partition coefficient (Wildman–Crippen LogP) is 0.228. The molecule has 0 aromatic carbocycles. The zero-order valence-corrected chi connectivity index (χ0v) is 13.1. The lowest BCUT2D eigenvalue weighted by atomic mass is 10.0. The highest BCUT2D eigenvalue weighted by atomic mass is 16.2. The van der Waals surface area contributed by atoms with Crippen molar-refractivity contribution in [2.24, 2.45) is 11.8 Å². The van der Waals surface area contributed by atoms with Gasteiger partial charge in [0.05, 0.1) is 5.92 Å². The first-order valence-electron chi connectivity index (χ1n) is 7.80. The standard InChI is InChI=1S/C15H25N3O3/c1-4-12-14(20)16-5-6-18(12)15(21)11-7-13(19)17(9-11)8-10(2)3/h10-12H,4-9H2,1-3H3,(H,16,20). The summed E-state index contributed by atoms with van der Waals surface area (Å²) in [7, 11) is 0. The third-order valence-electron chi connectivity index (χ3n) is 4.15. The zero-order chi connectivity index (χ0) is 15.6. The van der Waals surface area contributed by atoms with Gasteiger partial charge in [-0.2, -0.15) is 0 Å². The molecule has 0 aromatic heterocycles. The molecule has 2 atom stereocenters. The van der Waals surface area contributed by atoms with Crippen molar-refractivity contribution in [3.8, 4) is 0 Å². The topological polar surface area (TPSA) is 69.7 Å². The third kappa shape index (κ3) is 3.36. The maximum atomic E-state index is 12.7. The Kier molecular flexibility index (Phi) is 4.85. The molecule has 118 valence electrons. The molecule has 3 amide bonds. The fraction of sp³-hybridized carbons (Fsp3) is 0.800. The maximum Gasteiger partial charge on any atom is 0.242 e. The second-order valence-electron chi connectivity index (χ2n) is 6.34. The number of carbonyl (C=O) groups excluding carboxylic acids is 3. The molecule has 6 nitrogen and oxygen atoms in total. The molecule has 2 fully saturated rings. The lowest BCUT2D eigenvalue weighted by Crippen LogP contribution is -2.58. The molecule has 2 saturated heterocycles. The van der Waals surface area contributed by atoms with Crippen LogP contribution in [0.25, 0.3) is 0 Å². The van der Waals surface area contributed by atoms with Crippen molar-refractivity contribution in [1.82, 2.24) is 15.1 Å². The summed E-state index contributed by atoms with van der Waals surface area (Å²) in [4.78, 5) is 39.9. The summed E-state index contributed by atoms with van der Waals surface area (Å²) in [5, 5.41) is 2.79. The van der Waals surface area contributed by atoms with Crippen LogP contribution in [0.2, 0.25) is 0 Å². The van der Waals surface area contributed by atoms with Crippen LogP contribution in [0.5, 0.6) is 0 Å². The van der Waals surface area contributed by atoms with Crippen LogP contribution < -0.4 is 5.32 Å². The van der Waals surface area contributed by atoms with Crippen molar-refractivity contribution in [3.05, 3.63) is 0 Å². The molecule has 2 unspecified atom stereocenters. The molecule has 0 bridgehead atoms. The Morgan fingerprint density at radius 3 is 2.71 bits per heavy atom. The van der Waals surface area contributed by atoms with Crippen LogP contribution in [0.1, 0.15) is 33.6 Å². The number of hydrogen-bond acceptors (Lipinski definition) is 3. The fourth-order valence-corrected chi connectivity index (χ4v) is 3.17. The number of amides is 3. The van der Waals surface area contributed by atoms with Crippen molar-refractivity contribution < 1.29 is 14.4 Å². The van der Waals surface area contributed by atoms with Gasteiger partial charge >= 0.3 is 0 Å². The molecule has 0 aromatic rings. The molecule has 1 N–H and O–H groups in total. The predicted molar refractivity (Wildman–Crippen MR) is 78.3 cm³/mol. The highest BCUT2D eigenvalue weighted by Gasteiger charge is 2.40. The highest BCUT2D eigenvalue weighted by Crippen LogP contribution is 2.23. The number of nitrogens with one attached hydrogen (secondary N) is 1. The molecule has 0 spiro atoms. The van der Waals surface area contributed by atoms with Crippen LogP contribution in [-0.2, 0) is 14.4 Å². The minimum absolute atomic E-state index is 0.0451. The Balaban J connectivity index is 2.03. The summed E-state index contributed by atoms with van der Waals surface area (Å²) in [5.41, 5.74) is 0. The van der Waals surface area contributed by atoms with Crippen molar-refractivity contribution in [2.45, 2.75) is 39.7 Å². The lowest BCUT2D eigenvalue weighted by Gasteiger charge is -2.36. The number of carbonyl (C=O) groups is 3. The van der Waals surface area contributed by atoms with Crippen LogP contribution in [0.4, 0.5) is 0 Å². The van der Waals surface area contributed by atoms with Gasteiger partial charge in [-0.3, -0.25) is 14.4 Å². The number of likely N-dealkylation sites (tertiary alicyclic amines) is 1. The largest absolute Gasteiger partial charge is 0.353 e. The molecule has 0 radical (unpaired) electrons. The van der Waals surface area contributed by atoms with E-state index in [-0.39, 0.29) is 36.1 Å². The molecule has 2 heterocycles. The molecular weight excluding hydrogens is 270 g/mol. The van der Waals surface area contributed by atoms with E-state index in [0.29, 0.717) is 38.5 Å². The van der Waals surface area contributed by atoms with Gasteiger partial charge in [0.25, 0.3) is 0 Å². The lowest BCUT2D eigenvalue weighted by molar-refractivity contribution is -0.146. The van der Waals surface area contributed by atoms with Gasteiger partial charge in [-0.05, 0) is 12.3 Å². The van der Waals surface area contributed by atoms with Gasteiger partial charge in [-0.1, -0.05) is 20.8 Å². The van der Waals surface area contributed by atoms with Gasteiger partial charge in [0.15, 0.2) is 0 Å². The van der Waals surface area contributed by atoms with Crippen LogP contribution in [-0.4, -0.2) is 59.7 Å². The van der Waals surface area contributed by atoms with E-state index in [4.69, 9.17) is 0 Å². The molecular formula is C15H25N3O3. The van der Waals surface area contributed by atoms with E-state index in [1.54, 1.807) is 9.80 Å². The van der Waals surface area contributed by atoms with E-state index in [1.165, 1.54) is 0 Å². The summed E-state index contributed by atoms with van der Waals surface area (Å²) in [6.07, 6.45) is 0.883. The van der Waals surface area contributed by atoms with Crippen molar-refractivity contribution >= 4 is 17.7 Å². The van der Waals surface area contributed by atoms with E-state index >= 15 is 0 Å². The van der Waals surface area contributed by atoms with Crippen molar-refractivity contribution in [2.75, 3.05) is 26.2 Å². The van der Waals surface area contributed by atoms with Gasteiger partial charge < -0.3 is 15.1 Å². The number of hydrogen-bond donors (Lipinski definition) is 1. The molecule has 0 saturated carbocycles. The van der Waals surface area contributed by atoms with Crippen LogP contribution in [0.15, 0.2) is 0 Å². The summed E-state index contributed by atoms with van der Waals surface area (Å²) < 4.78 is 0. The van der Waals surface area contributed by atoms with Gasteiger partial charge in [-0.15, -0.1) is 0 Å². The Labute approximate surface area is 125 Å². The maximum absolute atomic E-state index is 12.7. The third-order valence-corrected chi connectivity index (χ3v) is 4.15. The van der Waals surface area contributed by atoms with E-state index in [1.807, 2.05) is 6.92 Å². The zero-order valence-electron chi connectivity index (χ0n) is 13.1. The average Bonchev–Trinajstić information content (AvgIpc) is 2.78. The molecule has 6 heteroatoms. The molecule has 2 aliphatic rings. The SMILES string of the molecule is CCC1C(=O)NCCN1C(=O)C1CC(=O)N(CC(C)C)C1.